The van der Waals surface area contributed by atoms with E-state index < -0.39 is 11.6 Å². The highest BCUT2D eigenvalue weighted by Crippen LogP contribution is 2.27. The van der Waals surface area contributed by atoms with Crippen LogP contribution in [-0.4, -0.2) is 11.0 Å². The van der Waals surface area contributed by atoms with Crippen LogP contribution in [0, 0.1) is 17.6 Å². The summed E-state index contributed by atoms with van der Waals surface area (Å²) in [4.78, 5) is 3.81. The van der Waals surface area contributed by atoms with Gasteiger partial charge in [0.1, 0.15) is 0 Å². The maximum absolute atomic E-state index is 13.6. The van der Waals surface area contributed by atoms with Crippen molar-refractivity contribution >= 4 is 11.6 Å². The molecule has 1 fully saturated rings. The molecule has 0 spiro atoms. The normalized spacial score (nSPS) is 23.8. The quantitative estimate of drug-likeness (QED) is 0.574. The van der Waals surface area contributed by atoms with Crippen LogP contribution in [0.15, 0.2) is 6.07 Å². The van der Waals surface area contributed by atoms with Crippen LogP contribution in [0.4, 0.5) is 20.4 Å². The van der Waals surface area contributed by atoms with Crippen molar-refractivity contribution in [1.29, 1.82) is 0 Å². The van der Waals surface area contributed by atoms with E-state index in [2.05, 4.69) is 22.7 Å². The van der Waals surface area contributed by atoms with Gasteiger partial charge < -0.3 is 10.7 Å². The van der Waals surface area contributed by atoms with Crippen LogP contribution in [0.5, 0.6) is 0 Å². The van der Waals surface area contributed by atoms with Crippen LogP contribution in [0.2, 0.25) is 0 Å². The van der Waals surface area contributed by atoms with Gasteiger partial charge in [-0.2, -0.15) is 0 Å². The van der Waals surface area contributed by atoms with Crippen LogP contribution in [0.25, 0.3) is 0 Å². The van der Waals surface area contributed by atoms with Gasteiger partial charge in [0.15, 0.2) is 23.3 Å². The number of halogens is 2. The van der Waals surface area contributed by atoms with Crippen LogP contribution >= 0.6 is 0 Å². The Morgan fingerprint density at radius 2 is 1.78 bits per heavy atom. The highest BCUT2D eigenvalue weighted by atomic mass is 19.1. The predicted molar refractivity (Wildman–Crippen MR) is 67.0 cm³/mol. The second-order valence-corrected chi connectivity index (χ2v) is 4.89. The van der Waals surface area contributed by atoms with Gasteiger partial charge in [0.05, 0.1) is 0 Å². The predicted octanol–water partition coefficient (Wildman–Crippen LogP) is 2.64. The summed E-state index contributed by atoms with van der Waals surface area (Å²) < 4.78 is 26.8. The van der Waals surface area contributed by atoms with Crippen molar-refractivity contribution in [3.05, 3.63) is 17.7 Å². The van der Waals surface area contributed by atoms with Gasteiger partial charge in [0.25, 0.3) is 0 Å². The summed E-state index contributed by atoms with van der Waals surface area (Å²) in [5.74, 6) is 4.26. The van der Waals surface area contributed by atoms with Gasteiger partial charge in [-0.3, -0.25) is 0 Å². The molecular formula is C12H18F2N4. The van der Waals surface area contributed by atoms with Gasteiger partial charge in [0.2, 0.25) is 0 Å². The zero-order valence-electron chi connectivity index (χ0n) is 10.3. The average Bonchev–Trinajstić information content (AvgIpc) is 2.35. The Hall–Kier alpha value is -1.43. The van der Waals surface area contributed by atoms with E-state index in [9.17, 15) is 8.78 Å². The summed E-state index contributed by atoms with van der Waals surface area (Å²) in [6, 6.07) is 0.981. The lowest BCUT2D eigenvalue weighted by Gasteiger charge is -2.27. The molecule has 1 aromatic rings. The SMILES string of the molecule is CC1CCC(Nc2nc(NN)c(F)cc2F)CC1. The Balaban J connectivity index is 2.09. The zero-order chi connectivity index (χ0) is 13.1. The lowest BCUT2D eigenvalue weighted by Crippen LogP contribution is -2.26. The van der Waals surface area contributed by atoms with Gasteiger partial charge in [-0.05, 0) is 31.6 Å². The summed E-state index contributed by atoms with van der Waals surface area (Å²) in [6.07, 6.45) is 4.18. The number of hydrazine groups is 1. The van der Waals surface area contributed by atoms with Crippen molar-refractivity contribution in [2.45, 2.75) is 38.6 Å². The highest BCUT2D eigenvalue weighted by molar-refractivity contribution is 5.47. The summed E-state index contributed by atoms with van der Waals surface area (Å²) in [6.45, 7) is 2.21. The molecule has 0 saturated heterocycles. The van der Waals surface area contributed by atoms with Crippen LogP contribution in [0.3, 0.4) is 0 Å². The van der Waals surface area contributed by atoms with Crippen molar-refractivity contribution < 1.29 is 8.78 Å². The molecule has 1 aliphatic rings. The Morgan fingerprint density at radius 1 is 1.17 bits per heavy atom. The lowest BCUT2D eigenvalue weighted by molar-refractivity contribution is 0.360. The second-order valence-electron chi connectivity index (χ2n) is 4.89. The molecule has 0 amide bonds. The largest absolute Gasteiger partial charge is 0.365 e. The topological polar surface area (TPSA) is 63.0 Å². The first kappa shape index (κ1) is 13.0. The Kier molecular flexibility index (Phi) is 3.96. The monoisotopic (exact) mass is 256 g/mol. The molecule has 2 rings (SSSR count). The molecule has 0 aliphatic heterocycles. The van der Waals surface area contributed by atoms with Crippen LogP contribution in [-0.2, 0) is 0 Å². The number of rotatable bonds is 3. The van der Waals surface area contributed by atoms with Crippen molar-refractivity contribution in [1.82, 2.24) is 4.98 Å². The van der Waals surface area contributed by atoms with E-state index in [-0.39, 0.29) is 17.7 Å². The molecule has 4 nitrogen and oxygen atoms in total. The summed E-state index contributed by atoms with van der Waals surface area (Å²) in [7, 11) is 0. The van der Waals surface area contributed by atoms with Crippen molar-refractivity contribution in [3.63, 3.8) is 0 Å². The fourth-order valence-electron chi connectivity index (χ4n) is 2.27. The molecule has 0 aromatic carbocycles. The number of hydrogen-bond donors (Lipinski definition) is 3. The number of nitrogens with two attached hydrogens (primary N) is 1. The number of nitrogens with one attached hydrogen (secondary N) is 2. The molecule has 0 bridgehead atoms. The minimum Gasteiger partial charge on any atom is -0.365 e. The molecule has 4 N–H and O–H groups in total. The standard InChI is InChI=1S/C12H18F2N4/c1-7-2-4-8(5-3-7)16-11-9(13)6-10(14)12(17-11)18-15/h6-8H,2-5,15H2,1H3,(H2,16,17,18). The molecule has 1 heterocycles. The third-order valence-corrected chi connectivity index (χ3v) is 3.42. The first-order valence-electron chi connectivity index (χ1n) is 6.19. The molecule has 1 aromatic heterocycles. The molecule has 1 aliphatic carbocycles. The summed E-state index contributed by atoms with van der Waals surface area (Å²) in [5.41, 5.74) is 2.11. The maximum atomic E-state index is 13.6. The van der Waals surface area contributed by atoms with Crippen molar-refractivity contribution in [2.24, 2.45) is 11.8 Å². The molecule has 0 unspecified atom stereocenters. The fourth-order valence-corrected chi connectivity index (χ4v) is 2.27. The van der Waals surface area contributed by atoms with E-state index in [1.54, 1.807) is 0 Å². The van der Waals surface area contributed by atoms with Gasteiger partial charge in [-0.1, -0.05) is 6.92 Å². The number of nitrogens with zero attached hydrogens (tertiary/aromatic N) is 1. The van der Waals surface area contributed by atoms with Gasteiger partial charge >= 0.3 is 0 Å². The first-order chi connectivity index (χ1) is 8.60. The van der Waals surface area contributed by atoms with E-state index in [4.69, 9.17) is 5.84 Å². The average molecular weight is 256 g/mol. The van der Waals surface area contributed by atoms with Gasteiger partial charge in [-0.25, -0.2) is 19.6 Å². The van der Waals surface area contributed by atoms with Crippen molar-refractivity contribution in [2.75, 3.05) is 10.7 Å². The Bertz CT molecular complexity index is 417. The van der Waals surface area contributed by atoms with Crippen LogP contribution < -0.4 is 16.6 Å². The molecule has 6 heteroatoms. The van der Waals surface area contributed by atoms with E-state index in [1.807, 2.05) is 0 Å². The minimum absolute atomic E-state index is 0.0592. The smallest absolute Gasteiger partial charge is 0.178 e. The summed E-state index contributed by atoms with van der Waals surface area (Å²) >= 11 is 0. The first-order valence-corrected chi connectivity index (χ1v) is 6.19. The number of anilines is 2. The minimum atomic E-state index is -0.794. The molecule has 18 heavy (non-hydrogen) atoms. The van der Waals surface area contributed by atoms with Gasteiger partial charge in [0, 0.05) is 12.1 Å². The van der Waals surface area contributed by atoms with E-state index in [1.165, 1.54) is 0 Å². The van der Waals surface area contributed by atoms with Crippen molar-refractivity contribution in [3.8, 4) is 0 Å². The third kappa shape index (κ3) is 2.87. The molecule has 0 atom stereocenters. The van der Waals surface area contributed by atoms with E-state index in [0.717, 1.165) is 37.7 Å². The molecule has 0 radical (unpaired) electrons. The fraction of sp³-hybridized carbons (Fsp3) is 0.583. The van der Waals surface area contributed by atoms with Gasteiger partial charge in [-0.15, -0.1) is 0 Å². The van der Waals surface area contributed by atoms with E-state index >= 15 is 0 Å². The van der Waals surface area contributed by atoms with E-state index in [0.29, 0.717) is 0 Å². The Morgan fingerprint density at radius 3 is 2.39 bits per heavy atom. The number of nitrogen functional groups attached to an aromatic ring is 1. The summed E-state index contributed by atoms with van der Waals surface area (Å²) in [5, 5.41) is 3.02. The zero-order valence-corrected chi connectivity index (χ0v) is 10.3. The highest BCUT2D eigenvalue weighted by Gasteiger charge is 2.20. The number of pyridine rings is 1. The number of hydrogen-bond acceptors (Lipinski definition) is 4. The number of aromatic nitrogens is 1. The Labute approximate surface area is 105 Å². The molecular weight excluding hydrogens is 238 g/mol. The van der Waals surface area contributed by atoms with Crippen LogP contribution in [0.1, 0.15) is 32.6 Å². The second kappa shape index (κ2) is 5.48. The third-order valence-electron chi connectivity index (χ3n) is 3.42. The maximum Gasteiger partial charge on any atom is 0.178 e. The molecule has 1 saturated carbocycles. The molecule has 100 valence electrons. The lowest BCUT2D eigenvalue weighted by atomic mass is 9.87.